The van der Waals surface area contributed by atoms with Crippen LogP contribution in [0.25, 0.3) is 0 Å². The van der Waals surface area contributed by atoms with Gasteiger partial charge in [-0.05, 0) is 25.7 Å². The summed E-state index contributed by atoms with van der Waals surface area (Å²) in [5.74, 6) is -0.0600. The Balaban J connectivity index is 0.00000220. The summed E-state index contributed by atoms with van der Waals surface area (Å²) in [5, 5.41) is 5.86. The van der Waals surface area contributed by atoms with Gasteiger partial charge in [-0.15, -0.1) is 12.4 Å². The third-order valence-electron chi connectivity index (χ3n) is 4.56. The van der Waals surface area contributed by atoms with Crippen molar-refractivity contribution in [2.24, 2.45) is 5.73 Å². The third kappa shape index (κ3) is 5.47. The zero-order chi connectivity index (χ0) is 14.4. The van der Waals surface area contributed by atoms with Gasteiger partial charge in [-0.3, -0.25) is 9.59 Å². The van der Waals surface area contributed by atoms with Crippen molar-refractivity contribution in [3.05, 3.63) is 0 Å². The number of carbonyl (C=O) groups excluding carboxylic acids is 2. The number of nitrogens with one attached hydrogen (secondary N) is 2. The van der Waals surface area contributed by atoms with Gasteiger partial charge in [0.1, 0.15) is 0 Å². The van der Waals surface area contributed by atoms with Gasteiger partial charge in [-0.2, -0.15) is 0 Å². The van der Waals surface area contributed by atoms with Crippen molar-refractivity contribution in [2.75, 3.05) is 6.54 Å². The van der Waals surface area contributed by atoms with E-state index in [9.17, 15) is 9.59 Å². The minimum absolute atomic E-state index is 0. The number of hydrogen-bond acceptors (Lipinski definition) is 3. The maximum atomic E-state index is 12.0. The molecule has 0 unspecified atom stereocenters. The molecule has 0 radical (unpaired) electrons. The second-order valence-corrected chi connectivity index (χ2v) is 6.27. The van der Waals surface area contributed by atoms with E-state index in [1.807, 2.05) is 0 Å². The molecule has 2 aliphatic rings. The topological polar surface area (TPSA) is 84.2 Å². The van der Waals surface area contributed by atoms with E-state index in [1.54, 1.807) is 0 Å². The molecule has 0 heterocycles. The minimum atomic E-state index is -0.695. The monoisotopic (exact) mass is 317 g/mol. The molecular weight excluding hydrogens is 290 g/mol. The van der Waals surface area contributed by atoms with Crippen molar-refractivity contribution in [1.82, 2.24) is 10.6 Å². The average molecular weight is 318 g/mol. The lowest BCUT2D eigenvalue weighted by atomic mass is 9.95. The zero-order valence-electron chi connectivity index (χ0n) is 12.7. The van der Waals surface area contributed by atoms with Crippen molar-refractivity contribution in [3.63, 3.8) is 0 Å². The van der Waals surface area contributed by atoms with Crippen LogP contribution >= 0.6 is 12.4 Å². The molecule has 0 aromatic heterocycles. The van der Waals surface area contributed by atoms with Crippen LogP contribution in [0.1, 0.15) is 64.2 Å². The van der Waals surface area contributed by atoms with Gasteiger partial charge in [0.25, 0.3) is 0 Å². The standard InChI is InChI=1S/C15H27N3O2.ClH/c16-15(9-4-5-10-15)14(20)17-11-8-13(19)18-12-6-2-1-3-7-12;/h12H,1-11,16H2,(H,17,20)(H,18,19);1H. The van der Waals surface area contributed by atoms with Gasteiger partial charge in [-0.25, -0.2) is 0 Å². The van der Waals surface area contributed by atoms with Gasteiger partial charge in [-0.1, -0.05) is 32.1 Å². The van der Waals surface area contributed by atoms with Gasteiger partial charge in [0.2, 0.25) is 11.8 Å². The number of nitrogens with two attached hydrogens (primary N) is 1. The molecule has 21 heavy (non-hydrogen) atoms. The molecule has 4 N–H and O–H groups in total. The van der Waals surface area contributed by atoms with Crippen molar-refractivity contribution < 1.29 is 9.59 Å². The van der Waals surface area contributed by atoms with Crippen LogP contribution in [-0.2, 0) is 9.59 Å². The Hall–Kier alpha value is -0.810. The lowest BCUT2D eigenvalue weighted by molar-refractivity contribution is -0.126. The van der Waals surface area contributed by atoms with E-state index in [0.29, 0.717) is 19.0 Å². The molecule has 0 aromatic rings. The Kier molecular flexibility index (Phi) is 7.46. The van der Waals surface area contributed by atoms with E-state index >= 15 is 0 Å². The Bertz CT molecular complexity index is 351. The summed E-state index contributed by atoms with van der Waals surface area (Å²) in [6.07, 6.45) is 9.76. The Morgan fingerprint density at radius 1 is 1.05 bits per heavy atom. The van der Waals surface area contributed by atoms with Crippen LogP contribution in [0.15, 0.2) is 0 Å². The van der Waals surface area contributed by atoms with E-state index in [2.05, 4.69) is 10.6 Å². The fourth-order valence-electron chi connectivity index (χ4n) is 3.25. The molecular formula is C15H28ClN3O2. The molecule has 2 aliphatic carbocycles. The first-order chi connectivity index (χ1) is 9.60. The second-order valence-electron chi connectivity index (χ2n) is 6.27. The van der Waals surface area contributed by atoms with E-state index in [0.717, 1.165) is 38.5 Å². The molecule has 0 bridgehead atoms. The van der Waals surface area contributed by atoms with Crippen molar-refractivity contribution in [3.8, 4) is 0 Å². The van der Waals surface area contributed by atoms with E-state index < -0.39 is 5.54 Å². The van der Waals surface area contributed by atoms with Gasteiger partial charge in [0.05, 0.1) is 5.54 Å². The van der Waals surface area contributed by atoms with Gasteiger partial charge >= 0.3 is 0 Å². The second kappa shape index (κ2) is 8.59. The molecule has 2 fully saturated rings. The van der Waals surface area contributed by atoms with Crippen LogP contribution in [0.2, 0.25) is 0 Å². The van der Waals surface area contributed by atoms with Gasteiger partial charge < -0.3 is 16.4 Å². The number of rotatable bonds is 5. The molecule has 2 rings (SSSR count). The summed E-state index contributed by atoms with van der Waals surface area (Å²) >= 11 is 0. The molecule has 2 saturated carbocycles. The maximum absolute atomic E-state index is 12.0. The van der Waals surface area contributed by atoms with Crippen LogP contribution in [0.4, 0.5) is 0 Å². The van der Waals surface area contributed by atoms with Crippen LogP contribution in [0, 0.1) is 0 Å². The molecule has 0 atom stereocenters. The third-order valence-corrected chi connectivity index (χ3v) is 4.56. The van der Waals surface area contributed by atoms with Gasteiger partial charge in [0.15, 0.2) is 0 Å². The maximum Gasteiger partial charge on any atom is 0.240 e. The fraction of sp³-hybridized carbons (Fsp3) is 0.867. The highest BCUT2D eigenvalue weighted by Crippen LogP contribution is 2.27. The number of halogens is 1. The Morgan fingerprint density at radius 3 is 2.29 bits per heavy atom. The summed E-state index contributed by atoms with van der Waals surface area (Å²) in [6.45, 7) is 0.385. The number of amides is 2. The normalized spacial score (nSPS) is 21.4. The highest BCUT2D eigenvalue weighted by molar-refractivity contribution is 5.87. The SMILES string of the molecule is Cl.NC1(C(=O)NCCC(=O)NC2CCCCC2)CCCC1. The van der Waals surface area contributed by atoms with E-state index in [1.165, 1.54) is 19.3 Å². The Morgan fingerprint density at radius 2 is 1.67 bits per heavy atom. The average Bonchev–Trinajstić information content (AvgIpc) is 2.88. The molecule has 0 saturated heterocycles. The summed E-state index contributed by atoms with van der Waals surface area (Å²) < 4.78 is 0. The molecule has 5 nitrogen and oxygen atoms in total. The van der Waals surface area contributed by atoms with Crippen molar-refractivity contribution in [2.45, 2.75) is 75.8 Å². The number of hydrogen-bond donors (Lipinski definition) is 3. The highest BCUT2D eigenvalue weighted by atomic mass is 35.5. The summed E-state index contributed by atoms with van der Waals surface area (Å²) in [7, 11) is 0. The first-order valence-electron chi connectivity index (χ1n) is 7.97. The largest absolute Gasteiger partial charge is 0.354 e. The summed E-state index contributed by atoms with van der Waals surface area (Å²) in [4.78, 5) is 23.8. The predicted molar refractivity (Wildman–Crippen MR) is 85.3 cm³/mol. The van der Waals surface area contributed by atoms with Crippen LogP contribution in [0.3, 0.4) is 0 Å². The fourth-order valence-corrected chi connectivity index (χ4v) is 3.25. The Labute approximate surface area is 133 Å². The molecule has 0 aliphatic heterocycles. The first kappa shape index (κ1) is 18.2. The van der Waals surface area contributed by atoms with Crippen LogP contribution < -0.4 is 16.4 Å². The quantitative estimate of drug-likeness (QED) is 0.720. The molecule has 0 spiro atoms. The van der Waals surface area contributed by atoms with E-state index in [4.69, 9.17) is 5.73 Å². The van der Waals surface area contributed by atoms with Crippen molar-refractivity contribution >= 4 is 24.2 Å². The molecule has 2 amide bonds. The zero-order valence-corrected chi connectivity index (χ0v) is 13.5. The highest BCUT2D eigenvalue weighted by Gasteiger charge is 2.36. The van der Waals surface area contributed by atoms with Crippen molar-refractivity contribution in [1.29, 1.82) is 0 Å². The van der Waals surface area contributed by atoms with E-state index in [-0.39, 0.29) is 24.2 Å². The molecule has 0 aromatic carbocycles. The minimum Gasteiger partial charge on any atom is -0.354 e. The molecule has 6 heteroatoms. The summed E-state index contributed by atoms with van der Waals surface area (Å²) in [6, 6.07) is 0.336. The smallest absolute Gasteiger partial charge is 0.240 e. The lowest BCUT2D eigenvalue weighted by Crippen LogP contribution is -2.52. The summed E-state index contributed by atoms with van der Waals surface area (Å²) in [5.41, 5.74) is 5.36. The first-order valence-corrected chi connectivity index (χ1v) is 7.97. The molecule has 122 valence electrons. The van der Waals surface area contributed by atoms with Crippen LogP contribution in [0.5, 0.6) is 0 Å². The van der Waals surface area contributed by atoms with Crippen LogP contribution in [-0.4, -0.2) is 29.9 Å². The lowest BCUT2D eigenvalue weighted by Gasteiger charge is -2.24. The number of carbonyl (C=O) groups is 2. The van der Waals surface area contributed by atoms with Gasteiger partial charge in [0, 0.05) is 19.0 Å². The predicted octanol–water partition coefficient (Wildman–Crippen LogP) is 1.63.